The lowest BCUT2D eigenvalue weighted by atomic mass is 10.2. The molecule has 4 rings (SSSR count). The van der Waals surface area contributed by atoms with Crippen LogP contribution in [0.4, 0.5) is 0 Å². The number of fused-ring (bicyclic) bond motifs is 1. The van der Waals surface area contributed by atoms with E-state index < -0.39 is 0 Å². The summed E-state index contributed by atoms with van der Waals surface area (Å²) in [6, 6.07) is 6.75. The Labute approximate surface area is 178 Å². The van der Waals surface area contributed by atoms with Crippen LogP contribution in [0.3, 0.4) is 0 Å². The van der Waals surface area contributed by atoms with E-state index in [0.717, 1.165) is 4.68 Å². The Hall–Kier alpha value is -2.68. The number of oxazole rings is 1. The third-order valence-corrected chi connectivity index (χ3v) is 5.57. The first-order chi connectivity index (χ1) is 13.9. The molecule has 0 atom stereocenters. The SMILES string of the molecule is Cc1nc2sccc2c(=O)n1NC(=O)CCc1ncc(-c2ccc(Cl)cc2Cl)o1. The van der Waals surface area contributed by atoms with E-state index in [4.69, 9.17) is 27.6 Å². The first-order valence-corrected chi connectivity index (χ1v) is 10.2. The smallest absolute Gasteiger partial charge is 0.281 e. The van der Waals surface area contributed by atoms with Gasteiger partial charge in [0.2, 0.25) is 5.91 Å². The molecule has 0 fully saturated rings. The molecule has 1 amide bonds. The van der Waals surface area contributed by atoms with Gasteiger partial charge in [-0.2, -0.15) is 0 Å². The van der Waals surface area contributed by atoms with Gasteiger partial charge in [0, 0.05) is 23.4 Å². The van der Waals surface area contributed by atoms with Gasteiger partial charge in [-0.1, -0.05) is 23.2 Å². The molecule has 0 saturated carbocycles. The molecule has 10 heteroatoms. The molecule has 3 heterocycles. The third-order valence-electron chi connectivity index (χ3n) is 4.22. The lowest BCUT2D eigenvalue weighted by molar-refractivity contribution is -0.117. The van der Waals surface area contributed by atoms with Crippen molar-refractivity contribution in [3.8, 4) is 11.3 Å². The number of aryl methyl sites for hydroxylation is 2. The number of nitrogens with one attached hydrogen (secondary N) is 1. The molecule has 0 radical (unpaired) electrons. The molecular formula is C19H14Cl2N4O3S. The first-order valence-electron chi connectivity index (χ1n) is 8.59. The third kappa shape index (κ3) is 4.05. The van der Waals surface area contributed by atoms with E-state index in [1.807, 2.05) is 0 Å². The second-order valence-corrected chi connectivity index (χ2v) is 7.95. The normalized spacial score (nSPS) is 11.1. The summed E-state index contributed by atoms with van der Waals surface area (Å²) in [5.41, 5.74) is 2.94. The standard InChI is InChI=1S/C19H14Cl2N4O3S/c1-10-23-18-13(6-7-29-18)19(27)25(10)24-16(26)4-5-17-22-9-15(28-17)12-3-2-11(20)8-14(12)21/h2-3,6-9H,4-5H2,1H3,(H,24,26). The molecule has 0 spiro atoms. The highest BCUT2D eigenvalue weighted by Gasteiger charge is 2.14. The van der Waals surface area contributed by atoms with Gasteiger partial charge in [-0.25, -0.2) is 14.6 Å². The summed E-state index contributed by atoms with van der Waals surface area (Å²) < 4.78 is 6.85. The summed E-state index contributed by atoms with van der Waals surface area (Å²) in [6.07, 6.45) is 1.90. The highest BCUT2D eigenvalue weighted by atomic mass is 35.5. The Morgan fingerprint density at radius 2 is 2.14 bits per heavy atom. The Balaban J connectivity index is 1.44. The number of amides is 1. The van der Waals surface area contributed by atoms with E-state index >= 15 is 0 Å². The van der Waals surface area contributed by atoms with Gasteiger partial charge < -0.3 is 4.42 Å². The van der Waals surface area contributed by atoms with Crippen LogP contribution in [0.1, 0.15) is 18.1 Å². The summed E-state index contributed by atoms with van der Waals surface area (Å²) in [5, 5.41) is 3.23. The number of carbonyl (C=O) groups is 1. The van der Waals surface area contributed by atoms with Crippen LogP contribution in [0.25, 0.3) is 21.5 Å². The van der Waals surface area contributed by atoms with Gasteiger partial charge in [0.05, 0.1) is 16.6 Å². The van der Waals surface area contributed by atoms with Crippen LogP contribution in [0.5, 0.6) is 0 Å². The van der Waals surface area contributed by atoms with Crippen molar-refractivity contribution < 1.29 is 9.21 Å². The maximum Gasteiger partial charge on any atom is 0.281 e. The highest BCUT2D eigenvalue weighted by molar-refractivity contribution is 7.16. The summed E-state index contributed by atoms with van der Waals surface area (Å²) >= 11 is 13.5. The zero-order valence-corrected chi connectivity index (χ0v) is 17.4. The number of rotatable bonds is 5. The van der Waals surface area contributed by atoms with Crippen molar-refractivity contribution in [2.24, 2.45) is 0 Å². The van der Waals surface area contributed by atoms with E-state index in [1.54, 1.807) is 42.8 Å². The Morgan fingerprint density at radius 1 is 1.31 bits per heavy atom. The summed E-state index contributed by atoms with van der Waals surface area (Å²) in [7, 11) is 0. The van der Waals surface area contributed by atoms with Crippen LogP contribution < -0.4 is 11.0 Å². The first kappa shape index (κ1) is 19.6. The van der Waals surface area contributed by atoms with Crippen molar-refractivity contribution in [3.05, 3.63) is 68.0 Å². The lowest BCUT2D eigenvalue weighted by Gasteiger charge is -2.10. The number of aromatic nitrogens is 3. The lowest BCUT2D eigenvalue weighted by Crippen LogP contribution is -2.35. The van der Waals surface area contributed by atoms with Crippen molar-refractivity contribution in [2.45, 2.75) is 19.8 Å². The number of nitrogens with zero attached hydrogens (tertiary/aromatic N) is 3. The molecule has 29 heavy (non-hydrogen) atoms. The fraction of sp³-hybridized carbons (Fsp3) is 0.158. The molecule has 0 aliphatic rings. The molecule has 0 saturated heterocycles. The summed E-state index contributed by atoms with van der Waals surface area (Å²) in [6.45, 7) is 1.66. The maximum absolute atomic E-state index is 12.5. The second-order valence-electron chi connectivity index (χ2n) is 6.22. The minimum Gasteiger partial charge on any atom is -0.441 e. The fourth-order valence-corrected chi connectivity index (χ4v) is 4.09. The van der Waals surface area contributed by atoms with Crippen LogP contribution in [0.2, 0.25) is 10.0 Å². The van der Waals surface area contributed by atoms with Crippen molar-refractivity contribution >= 4 is 50.7 Å². The summed E-state index contributed by atoms with van der Waals surface area (Å²) in [5.74, 6) is 0.933. The molecule has 4 aromatic rings. The highest BCUT2D eigenvalue weighted by Crippen LogP contribution is 2.30. The van der Waals surface area contributed by atoms with E-state index in [1.165, 1.54) is 11.3 Å². The molecule has 3 aromatic heterocycles. The quantitative estimate of drug-likeness (QED) is 0.487. The largest absolute Gasteiger partial charge is 0.441 e. The second kappa shape index (κ2) is 7.98. The number of halogens is 2. The zero-order chi connectivity index (χ0) is 20.5. The van der Waals surface area contributed by atoms with E-state index in [9.17, 15) is 9.59 Å². The van der Waals surface area contributed by atoms with Crippen LogP contribution >= 0.6 is 34.5 Å². The molecular weight excluding hydrogens is 435 g/mol. The molecule has 7 nitrogen and oxygen atoms in total. The topological polar surface area (TPSA) is 90.0 Å². The molecule has 148 valence electrons. The number of hydrogen-bond donors (Lipinski definition) is 1. The van der Waals surface area contributed by atoms with E-state index in [0.29, 0.717) is 43.3 Å². The molecule has 1 aromatic carbocycles. The number of carbonyl (C=O) groups excluding carboxylic acids is 1. The average Bonchev–Trinajstić information content (AvgIpc) is 3.33. The summed E-state index contributed by atoms with van der Waals surface area (Å²) in [4.78, 5) is 34.0. The predicted octanol–water partition coefficient (Wildman–Crippen LogP) is 4.43. The van der Waals surface area contributed by atoms with Crippen molar-refractivity contribution in [1.29, 1.82) is 0 Å². The zero-order valence-electron chi connectivity index (χ0n) is 15.1. The van der Waals surface area contributed by atoms with Gasteiger partial charge in [0.25, 0.3) is 5.56 Å². The molecule has 0 unspecified atom stereocenters. The van der Waals surface area contributed by atoms with Gasteiger partial charge in [-0.05, 0) is 36.6 Å². The van der Waals surface area contributed by atoms with E-state index in [2.05, 4.69) is 15.4 Å². The molecule has 0 bridgehead atoms. The number of thiophene rings is 1. The Morgan fingerprint density at radius 3 is 2.93 bits per heavy atom. The minimum atomic E-state index is -0.351. The van der Waals surface area contributed by atoms with Gasteiger partial charge in [-0.15, -0.1) is 11.3 Å². The minimum absolute atomic E-state index is 0.0852. The van der Waals surface area contributed by atoms with E-state index in [-0.39, 0.29) is 24.3 Å². The monoisotopic (exact) mass is 448 g/mol. The van der Waals surface area contributed by atoms with Crippen LogP contribution in [-0.4, -0.2) is 20.6 Å². The number of benzene rings is 1. The average molecular weight is 449 g/mol. The number of hydrogen-bond acceptors (Lipinski definition) is 6. The Bertz CT molecular complexity index is 1280. The molecule has 0 aliphatic heterocycles. The maximum atomic E-state index is 12.5. The van der Waals surface area contributed by atoms with Crippen LogP contribution in [0, 0.1) is 6.92 Å². The van der Waals surface area contributed by atoms with Gasteiger partial charge in [0.1, 0.15) is 10.7 Å². The van der Waals surface area contributed by atoms with Crippen LogP contribution in [0.15, 0.2) is 45.1 Å². The Kier molecular flexibility index (Phi) is 5.40. The van der Waals surface area contributed by atoms with Gasteiger partial charge >= 0.3 is 0 Å². The van der Waals surface area contributed by atoms with Crippen molar-refractivity contribution in [2.75, 3.05) is 5.43 Å². The predicted molar refractivity (Wildman–Crippen MR) is 113 cm³/mol. The molecule has 0 aliphatic carbocycles. The van der Waals surface area contributed by atoms with Crippen molar-refractivity contribution in [1.82, 2.24) is 14.6 Å². The van der Waals surface area contributed by atoms with Gasteiger partial charge in [-0.3, -0.25) is 15.0 Å². The fourth-order valence-electron chi connectivity index (χ4n) is 2.79. The van der Waals surface area contributed by atoms with Crippen molar-refractivity contribution in [3.63, 3.8) is 0 Å². The molecule has 1 N–H and O–H groups in total. The van der Waals surface area contributed by atoms with Crippen LogP contribution in [-0.2, 0) is 11.2 Å². The van der Waals surface area contributed by atoms with Gasteiger partial charge in [0.15, 0.2) is 11.7 Å².